The maximum Gasteiger partial charge on any atom is 0.407 e. The highest BCUT2D eigenvalue weighted by Crippen LogP contribution is 2.34. The molecule has 1 heterocycles. The van der Waals surface area contributed by atoms with E-state index in [9.17, 15) is 14.7 Å². The second kappa shape index (κ2) is 8.69. The molecule has 0 unspecified atom stereocenters. The number of nitrogens with zero attached hydrogens (tertiary/aromatic N) is 1. The van der Waals surface area contributed by atoms with Crippen LogP contribution in [-0.4, -0.2) is 35.1 Å². The third-order valence-electron chi connectivity index (χ3n) is 5.24. The fourth-order valence-corrected chi connectivity index (χ4v) is 3.76. The molecular formula is C24H22N2O4. The summed E-state index contributed by atoms with van der Waals surface area (Å²) >= 11 is 0. The first-order valence-electron chi connectivity index (χ1n) is 9.77. The zero-order valence-electron chi connectivity index (χ0n) is 16.3. The molecule has 0 saturated carbocycles. The number of ether oxygens (including phenoxy) is 1. The van der Waals surface area contributed by atoms with Gasteiger partial charge < -0.3 is 20.1 Å². The van der Waals surface area contributed by atoms with Crippen molar-refractivity contribution >= 4 is 17.7 Å². The summed E-state index contributed by atoms with van der Waals surface area (Å²) in [5, 5.41) is 12.4. The van der Waals surface area contributed by atoms with Gasteiger partial charge in [-0.25, -0.2) is 4.79 Å². The van der Waals surface area contributed by atoms with Gasteiger partial charge in [-0.1, -0.05) is 54.6 Å². The van der Waals surface area contributed by atoms with Gasteiger partial charge >= 0.3 is 6.09 Å². The van der Waals surface area contributed by atoms with E-state index in [1.54, 1.807) is 18.2 Å². The molecule has 152 valence electrons. The Morgan fingerprint density at radius 1 is 0.867 bits per heavy atom. The minimum Gasteiger partial charge on any atom is -0.465 e. The van der Waals surface area contributed by atoms with E-state index >= 15 is 0 Å². The van der Waals surface area contributed by atoms with Crippen LogP contribution in [0.1, 0.15) is 11.5 Å². The number of amides is 2. The summed E-state index contributed by atoms with van der Waals surface area (Å²) in [6, 6.07) is 26.1. The molecular weight excluding hydrogens is 380 g/mol. The largest absolute Gasteiger partial charge is 0.465 e. The highest BCUT2D eigenvalue weighted by molar-refractivity contribution is 5.94. The average Bonchev–Trinajstić information content (AvgIpc) is 3.22. The van der Waals surface area contributed by atoms with Crippen LogP contribution in [0, 0.1) is 5.92 Å². The number of nitrogens with one attached hydrogen (secondary N) is 1. The summed E-state index contributed by atoms with van der Waals surface area (Å²) < 4.78 is 5.83. The van der Waals surface area contributed by atoms with E-state index in [4.69, 9.17) is 4.74 Å². The van der Waals surface area contributed by atoms with Crippen molar-refractivity contribution in [3.05, 3.63) is 90.5 Å². The molecule has 6 heteroatoms. The lowest BCUT2D eigenvalue weighted by Gasteiger charge is -2.18. The highest BCUT2D eigenvalue weighted by Gasteiger charge is 2.40. The van der Waals surface area contributed by atoms with Gasteiger partial charge in [0, 0.05) is 30.8 Å². The van der Waals surface area contributed by atoms with E-state index in [0.29, 0.717) is 23.7 Å². The third-order valence-corrected chi connectivity index (χ3v) is 5.24. The number of carbonyl (C=O) groups is 2. The van der Waals surface area contributed by atoms with Crippen molar-refractivity contribution in [3.8, 4) is 11.5 Å². The molecule has 0 bridgehead atoms. The molecule has 2 amide bonds. The normalized spacial score (nSPS) is 18.1. The summed E-state index contributed by atoms with van der Waals surface area (Å²) in [6.45, 7) is 0.468. The standard InChI is InChI=1S/C24H22N2O4/c27-23(22-16-26(24(28)29)15-21(22)17-8-3-1-4-9-17)25-18-10-7-13-20(14-18)30-19-11-5-2-6-12-19/h1-14,21-22H,15-16H2,(H,25,27)(H,28,29)/t21-,22+/m1/s1. The van der Waals surface area contributed by atoms with Crippen molar-refractivity contribution in [2.45, 2.75) is 5.92 Å². The van der Waals surface area contributed by atoms with Crippen LogP contribution in [0.2, 0.25) is 0 Å². The van der Waals surface area contributed by atoms with Gasteiger partial charge in [0.25, 0.3) is 0 Å². The molecule has 6 nitrogen and oxygen atoms in total. The van der Waals surface area contributed by atoms with Crippen LogP contribution < -0.4 is 10.1 Å². The number of rotatable bonds is 5. The molecule has 30 heavy (non-hydrogen) atoms. The van der Waals surface area contributed by atoms with Crippen molar-refractivity contribution in [2.24, 2.45) is 5.92 Å². The van der Waals surface area contributed by atoms with E-state index in [1.165, 1.54) is 4.90 Å². The van der Waals surface area contributed by atoms with Crippen molar-refractivity contribution < 1.29 is 19.4 Å². The molecule has 4 rings (SSSR count). The smallest absolute Gasteiger partial charge is 0.407 e. The van der Waals surface area contributed by atoms with Gasteiger partial charge in [-0.3, -0.25) is 4.79 Å². The third kappa shape index (κ3) is 4.43. The predicted molar refractivity (Wildman–Crippen MR) is 114 cm³/mol. The minimum atomic E-state index is -1.01. The lowest BCUT2D eigenvalue weighted by atomic mass is 9.88. The predicted octanol–water partition coefficient (Wildman–Crippen LogP) is 4.81. The minimum absolute atomic E-state index is 0.168. The number of likely N-dealkylation sites (tertiary alicyclic amines) is 1. The number of hydrogen-bond acceptors (Lipinski definition) is 3. The van der Waals surface area contributed by atoms with Gasteiger partial charge in [0.1, 0.15) is 11.5 Å². The summed E-state index contributed by atoms with van der Waals surface area (Å²) in [6.07, 6.45) is -1.01. The zero-order chi connectivity index (χ0) is 20.9. The van der Waals surface area contributed by atoms with E-state index in [2.05, 4.69) is 5.32 Å². The first-order chi connectivity index (χ1) is 14.6. The SMILES string of the molecule is O=C(Nc1cccc(Oc2ccccc2)c1)[C@H]1CN(C(=O)O)C[C@@H]1c1ccccc1. The maximum absolute atomic E-state index is 13.1. The second-order valence-corrected chi connectivity index (χ2v) is 7.24. The number of para-hydroxylation sites is 1. The van der Waals surface area contributed by atoms with Crippen LogP contribution in [0.3, 0.4) is 0 Å². The van der Waals surface area contributed by atoms with Crippen molar-refractivity contribution in [2.75, 3.05) is 18.4 Å². The van der Waals surface area contributed by atoms with Crippen LogP contribution in [0.5, 0.6) is 11.5 Å². The number of anilines is 1. The Kier molecular flexibility index (Phi) is 5.66. The van der Waals surface area contributed by atoms with E-state index < -0.39 is 12.0 Å². The first kappa shape index (κ1) is 19.5. The quantitative estimate of drug-likeness (QED) is 0.642. The van der Waals surface area contributed by atoms with Crippen molar-refractivity contribution in [3.63, 3.8) is 0 Å². The molecule has 1 aliphatic rings. The van der Waals surface area contributed by atoms with Crippen LogP contribution >= 0.6 is 0 Å². The van der Waals surface area contributed by atoms with Crippen LogP contribution in [0.15, 0.2) is 84.9 Å². The van der Waals surface area contributed by atoms with Gasteiger partial charge in [-0.05, 0) is 29.8 Å². The fourth-order valence-electron chi connectivity index (χ4n) is 3.76. The zero-order valence-corrected chi connectivity index (χ0v) is 16.3. The van der Waals surface area contributed by atoms with Crippen LogP contribution in [0.4, 0.5) is 10.5 Å². The van der Waals surface area contributed by atoms with Gasteiger partial charge in [-0.15, -0.1) is 0 Å². The molecule has 1 saturated heterocycles. The molecule has 0 aliphatic carbocycles. The molecule has 2 atom stereocenters. The van der Waals surface area contributed by atoms with E-state index in [1.807, 2.05) is 66.7 Å². The van der Waals surface area contributed by atoms with Gasteiger partial charge in [-0.2, -0.15) is 0 Å². The van der Waals surface area contributed by atoms with E-state index in [0.717, 1.165) is 5.56 Å². The Morgan fingerprint density at radius 3 is 2.23 bits per heavy atom. The molecule has 3 aromatic carbocycles. The summed E-state index contributed by atoms with van der Waals surface area (Å²) in [7, 11) is 0. The monoisotopic (exact) mass is 402 g/mol. The Labute approximate surface area is 174 Å². The molecule has 0 spiro atoms. The van der Waals surface area contributed by atoms with Crippen LogP contribution in [0.25, 0.3) is 0 Å². The molecule has 2 N–H and O–H groups in total. The number of carboxylic acid groups (broad SMARTS) is 1. The van der Waals surface area contributed by atoms with Crippen molar-refractivity contribution in [1.82, 2.24) is 4.90 Å². The fraction of sp³-hybridized carbons (Fsp3) is 0.167. The molecule has 1 aliphatic heterocycles. The maximum atomic E-state index is 13.1. The van der Waals surface area contributed by atoms with Crippen molar-refractivity contribution in [1.29, 1.82) is 0 Å². The summed E-state index contributed by atoms with van der Waals surface area (Å²) in [5.41, 5.74) is 1.57. The highest BCUT2D eigenvalue weighted by atomic mass is 16.5. The molecule has 1 fully saturated rings. The Hall–Kier alpha value is -3.80. The lowest BCUT2D eigenvalue weighted by molar-refractivity contribution is -0.119. The number of hydrogen-bond donors (Lipinski definition) is 2. The van der Waals surface area contributed by atoms with Crippen LogP contribution in [-0.2, 0) is 4.79 Å². The Morgan fingerprint density at radius 2 is 1.53 bits per heavy atom. The topological polar surface area (TPSA) is 78.9 Å². The second-order valence-electron chi connectivity index (χ2n) is 7.24. The lowest BCUT2D eigenvalue weighted by Crippen LogP contribution is -2.30. The molecule has 0 radical (unpaired) electrons. The van der Waals surface area contributed by atoms with E-state index in [-0.39, 0.29) is 18.4 Å². The van der Waals surface area contributed by atoms with Gasteiger partial charge in [0.15, 0.2) is 0 Å². The van der Waals surface area contributed by atoms with Gasteiger partial charge in [0.05, 0.1) is 5.92 Å². The number of benzene rings is 3. The summed E-state index contributed by atoms with van der Waals surface area (Å²) in [5.74, 6) is 0.452. The molecule has 3 aromatic rings. The summed E-state index contributed by atoms with van der Waals surface area (Å²) in [4.78, 5) is 25.9. The Balaban J connectivity index is 1.50. The number of carbonyl (C=O) groups excluding carboxylic acids is 1. The Bertz CT molecular complexity index is 1020. The van der Waals surface area contributed by atoms with Gasteiger partial charge in [0.2, 0.25) is 5.91 Å². The first-order valence-corrected chi connectivity index (χ1v) is 9.77. The average molecular weight is 402 g/mol. The molecule has 0 aromatic heterocycles.